The summed E-state index contributed by atoms with van der Waals surface area (Å²) in [6.45, 7) is 1.07. The van der Waals surface area contributed by atoms with Gasteiger partial charge < -0.3 is 9.04 Å². The van der Waals surface area contributed by atoms with Gasteiger partial charge in [0.25, 0.3) is 0 Å². The smallest absolute Gasteiger partial charge is 0.485 e. The number of quaternary nitrogens is 1. The quantitative estimate of drug-likeness (QED) is 0.476. The molecule has 0 aromatic heterocycles. The van der Waals surface area contributed by atoms with Gasteiger partial charge in [-0.25, -0.2) is 8.42 Å². The molecule has 2 rings (SSSR count). The number of fused-ring (bicyclic) bond motifs is 1. The Hall–Kier alpha value is -1.64. The topological polar surface area (TPSA) is 57.2 Å². The first-order valence-corrected chi connectivity index (χ1v) is 8.01. The van der Waals surface area contributed by atoms with Crippen molar-refractivity contribution < 1.29 is 30.6 Å². The molecule has 0 saturated carbocycles. The van der Waals surface area contributed by atoms with Crippen molar-refractivity contribution in [2.45, 2.75) is 12.1 Å². The molecule has 0 aliphatic rings. The highest BCUT2D eigenvalue weighted by molar-refractivity contribution is 7.86. The highest BCUT2D eigenvalue weighted by Gasteiger charge is 2.36. The standard InChI is InChI=1S/C14H18N.CHF3O3S/c1-15(2,3)11-12-8-9-13-6-4-5-7-14(13)10-12;2-1(3,4)8(5,6)7/h4-10H,11H2,1-3H3;(H,5,6,7)/q+1;/p-1. The molecule has 8 heteroatoms. The minimum absolute atomic E-state index is 0.971. The van der Waals surface area contributed by atoms with E-state index in [-0.39, 0.29) is 0 Å². The molecule has 0 spiro atoms. The van der Waals surface area contributed by atoms with Crippen molar-refractivity contribution in [2.24, 2.45) is 0 Å². The lowest BCUT2D eigenvalue weighted by molar-refractivity contribution is -0.883. The number of halogens is 3. The fraction of sp³-hybridized carbons (Fsp3) is 0.333. The van der Waals surface area contributed by atoms with Crippen LogP contribution in [-0.2, 0) is 16.7 Å². The maximum atomic E-state index is 10.7. The lowest BCUT2D eigenvalue weighted by Crippen LogP contribution is -2.33. The molecule has 2 aromatic carbocycles. The van der Waals surface area contributed by atoms with E-state index in [2.05, 4.69) is 63.6 Å². The summed E-state index contributed by atoms with van der Waals surface area (Å²) in [7, 11) is 0.562. The largest absolute Gasteiger partial charge is 0.741 e. The molecular formula is C15H18F3NO3S. The zero-order chi connectivity index (χ0) is 17.9. The Morgan fingerprint density at radius 3 is 1.91 bits per heavy atom. The van der Waals surface area contributed by atoms with Gasteiger partial charge in [-0.1, -0.05) is 36.4 Å². The number of nitrogens with zero attached hydrogens (tertiary/aromatic N) is 1. The van der Waals surface area contributed by atoms with E-state index >= 15 is 0 Å². The number of rotatable bonds is 2. The van der Waals surface area contributed by atoms with Crippen LogP contribution in [0.5, 0.6) is 0 Å². The first kappa shape index (κ1) is 19.4. The Kier molecular flexibility index (Phi) is 5.79. The van der Waals surface area contributed by atoms with Gasteiger partial charge >= 0.3 is 5.51 Å². The molecule has 0 amide bonds. The third kappa shape index (κ3) is 6.55. The zero-order valence-corrected chi connectivity index (χ0v) is 13.8. The number of hydrogen-bond acceptors (Lipinski definition) is 3. The van der Waals surface area contributed by atoms with Gasteiger partial charge in [-0.2, -0.15) is 13.2 Å². The molecule has 0 heterocycles. The minimum atomic E-state index is -6.09. The first-order chi connectivity index (χ1) is 10.3. The van der Waals surface area contributed by atoms with E-state index in [1.54, 1.807) is 0 Å². The summed E-state index contributed by atoms with van der Waals surface area (Å²) in [6.07, 6.45) is 0. The Morgan fingerprint density at radius 2 is 1.48 bits per heavy atom. The Labute approximate surface area is 133 Å². The van der Waals surface area contributed by atoms with Crippen LogP contribution in [0.3, 0.4) is 0 Å². The van der Waals surface area contributed by atoms with E-state index in [1.165, 1.54) is 16.3 Å². The lowest BCUT2D eigenvalue weighted by Gasteiger charge is -2.24. The van der Waals surface area contributed by atoms with Crippen molar-refractivity contribution in [3.8, 4) is 0 Å². The SMILES string of the molecule is C[N+](C)(C)Cc1ccc2ccccc2c1.O=S(=O)([O-])C(F)(F)F. The Bertz CT molecular complexity index is 765. The molecule has 0 unspecified atom stereocenters. The molecule has 0 fully saturated rings. The van der Waals surface area contributed by atoms with Crippen molar-refractivity contribution in [3.05, 3.63) is 48.0 Å². The fourth-order valence-corrected chi connectivity index (χ4v) is 1.88. The molecular weight excluding hydrogens is 331 g/mol. The van der Waals surface area contributed by atoms with Crippen molar-refractivity contribution in [1.82, 2.24) is 0 Å². The van der Waals surface area contributed by atoms with E-state index in [4.69, 9.17) is 13.0 Å². The average molecular weight is 349 g/mol. The fourth-order valence-electron chi connectivity index (χ4n) is 1.88. The molecule has 0 saturated heterocycles. The molecule has 0 aliphatic carbocycles. The highest BCUT2D eigenvalue weighted by Crippen LogP contribution is 2.20. The molecule has 0 aliphatic heterocycles. The van der Waals surface area contributed by atoms with Gasteiger partial charge in [0.1, 0.15) is 6.54 Å². The van der Waals surface area contributed by atoms with Gasteiger partial charge in [0.15, 0.2) is 10.1 Å². The van der Waals surface area contributed by atoms with Crippen LogP contribution in [0.15, 0.2) is 42.5 Å². The highest BCUT2D eigenvalue weighted by atomic mass is 32.2. The number of hydrogen-bond donors (Lipinski definition) is 0. The normalized spacial score (nSPS) is 12.7. The predicted octanol–water partition coefficient (Wildman–Crippen LogP) is 3.10. The van der Waals surface area contributed by atoms with Gasteiger partial charge in [-0.15, -0.1) is 0 Å². The molecule has 0 bridgehead atoms. The third-order valence-electron chi connectivity index (χ3n) is 2.75. The predicted molar refractivity (Wildman–Crippen MR) is 81.4 cm³/mol. The summed E-state index contributed by atoms with van der Waals surface area (Å²) in [5.41, 5.74) is -4.24. The molecule has 0 radical (unpaired) electrons. The summed E-state index contributed by atoms with van der Waals surface area (Å²) in [5, 5.41) is 2.66. The maximum absolute atomic E-state index is 10.7. The second kappa shape index (κ2) is 6.86. The van der Waals surface area contributed by atoms with Gasteiger partial charge in [0.2, 0.25) is 0 Å². The third-order valence-corrected chi connectivity index (χ3v) is 3.32. The van der Waals surface area contributed by atoms with Gasteiger partial charge in [-0.3, -0.25) is 0 Å². The molecule has 23 heavy (non-hydrogen) atoms. The molecule has 0 atom stereocenters. The van der Waals surface area contributed by atoms with Crippen LogP contribution >= 0.6 is 0 Å². The first-order valence-electron chi connectivity index (χ1n) is 6.60. The van der Waals surface area contributed by atoms with Crippen molar-refractivity contribution in [3.63, 3.8) is 0 Å². The second-order valence-corrected chi connectivity index (χ2v) is 7.40. The molecule has 2 aromatic rings. The Morgan fingerprint density at radius 1 is 1.00 bits per heavy atom. The van der Waals surface area contributed by atoms with Crippen molar-refractivity contribution in [1.29, 1.82) is 0 Å². The van der Waals surface area contributed by atoms with Gasteiger partial charge in [-0.05, 0) is 16.8 Å². The molecule has 0 N–H and O–H groups in total. The van der Waals surface area contributed by atoms with E-state index in [0.717, 1.165) is 11.0 Å². The number of benzene rings is 2. The van der Waals surface area contributed by atoms with Crippen LogP contribution in [-0.4, -0.2) is 44.1 Å². The van der Waals surface area contributed by atoms with Crippen molar-refractivity contribution in [2.75, 3.05) is 21.1 Å². The molecule has 4 nitrogen and oxygen atoms in total. The van der Waals surface area contributed by atoms with Crippen LogP contribution in [0.25, 0.3) is 10.8 Å². The maximum Gasteiger partial charge on any atom is 0.485 e. The minimum Gasteiger partial charge on any atom is -0.741 e. The van der Waals surface area contributed by atoms with Crippen LogP contribution in [0.4, 0.5) is 13.2 Å². The van der Waals surface area contributed by atoms with Gasteiger partial charge in [0, 0.05) is 5.56 Å². The average Bonchev–Trinajstić information content (AvgIpc) is 2.35. The van der Waals surface area contributed by atoms with Crippen LogP contribution in [0.1, 0.15) is 5.56 Å². The van der Waals surface area contributed by atoms with E-state index in [9.17, 15) is 13.2 Å². The summed E-state index contributed by atoms with van der Waals surface area (Å²) in [4.78, 5) is 0. The summed E-state index contributed by atoms with van der Waals surface area (Å²) in [5.74, 6) is 0. The summed E-state index contributed by atoms with van der Waals surface area (Å²) < 4.78 is 59.9. The van der Waals surface area contributed by atoms with E-state index in [1.807, 2.05) is 0 Å². The Balaban J connectivity index is 0.000000284. The second-order valence-electron chi connectivity index (χ2n) is 6.03. The lowest BCUT2D eigenvalue weighted by atomic mass is 10.1. The van der Waals surface area contributed by atoms with Crippen LogP contribution < -0.4 is 0 Å². The zero-order valence-electron chi connectivity index (χ0n) is 13.0. The molecule has 128 valence electrons. The summed E-state index contributed by atoms with van der Waals surface area (Å²) >= 11 is 0. The van der Waals surface area contributed by atoms with Crippen LogP contribution in [0.2, 0.25) is 0 Å². The number of alkyl halides is 3. The monoisotopic (exact) mass is 349 g/mol. The van der Waals surface area contributed by atoms with Crippen molar-refractivity contribution >= 4 is 20.9 Å². The van der Waals surface area contributed by atoms with E-state index in [0.29, 0.717) is 0 Å². The van der Waals surface area contributed by atoms with E-state index < -0.39 is 15.6 Å². The summed E-state index contributed by atoms with van der Waals surface area (Å²) in [6, 6.07) is 15.2. The van der Waals surface area contributed by atoms with Crippen LogP contribution in [0, 0.1) is 0 Å². The van der Waals surface area contributed by atoms with Gasteiger partial charge in [0.05, 0.1) is 21.1 Å².